The highest BCUT2D eigenvalue weighted by molar-refractivity contribution is 7.99. The van der Waals surface area contributed by atoms with Gasteiger partial charge in [0.15, 0.2) is 5.16 Å². The van der Waals surface area contributed by atoms with Gasteiger partial charge in [0.05, 0.1) is 23.3 Å². The van der Waals surface area contributed by atoms with Gasteiger partial charge in [0.2, 0.25) is 5.91 Å². The van der Waals surface area contributed by atoms with Crippen LogP contribution in [0.15, 0.2) is 34.2 Å². The monoisotopic (exact) mass is 349 g/mol. The molecule has 7 nitrogen and oxygen atoms in total. The summed E-state index contributed by atoms with van der Waals surface area (Å²) in [7, 11) is 0. The van der Waals surface area contributed by atoms with Crippen molar-refractivity contribution in [1.82, 2.24) is 14.9 Å². The number of fused-ring (bicyclic) bond motifs is 1. The van der Waals surface area contributed by atoms with E-state index >= 15 is 0 Å². The molecule has 2 aromatic rings. The fourth-order valence-electron chi connectivity index (χ4n) is 2.13. The minimum atomic E-state index is -0.777. The first kappa shape index (κ1) is 18.0. The number of nitrogens with zero attached hydrogens (tertiary/aromatic N) is 2. The van der Waals surface area contributed by atoms with Crippen LogP contribution in [0, 0.1) is 0 Å². The van der Waals surface area contributed by atoms with Crippen LogP contribution in [0.1, 0.15) is 20.3 Å². The molecule has 0 aliphatic rings. The topological polar surface area (TPSA) is 90.3 Å². The molecule has 0 fully saturated rings. The highest BCUT2D eigenvalue weighted by Crippen LogP contribution is 2.17. The van der Waals surface area contributed by atoms with E-state index in [-0.39, 0.29) is 17.9 Å². The van der Waals surface area contributed by atoms with Gasteiger partial charge in [0, 0.05) is 6.54 Å². The van der Waals surface area contributed by atoms with E-state index in [1.165, 1.54) is 0 Å². The highest BCUT2D eigenvalue weighted by Gasteiger charge is 2.14. The second-order valence-electron chi connectivity index (χ2n) is 4.93. The van der Waals surface area contributed by atoms with Gasteiger partial charge in [-0.1, -0.05) is 30.8 Å². The molecule has 1 aromatic heterocycles. The molecule has 0 atom stereocenters. The van der Waals surface area contributed by atoms with Gasteiger partial charge < -0.3 is 4.74 Å². The lowest BCUT2D eigenvalue weighted by atomic mass is 10.2. The maximum absolute atomic E-state index is 12.6. The number of benzene rings is 1. The fourth-order valence-corrected chi connectivity index (χ4v) is 2.95. The van der Waals surface area contributed by atoms with Gasteiger partial charge in [-0.15, -0.1) is 0 Å². The number of para-hydroxylation sites is 1. The summed E-state index contributed by atoms with van der Waals surface area (Å²) in [5.41, 5.74) is 0.457. The van der Waals surface area contributed by atoms with Crippen molar-refractivity contribution in [3.8, 4) is 0 Å². The molecule has 0 bridgehead atoms. The summed E-state index contributed by atoms with van der Waals surface area (Å²) in [5, 5.41) is 3.12. The number of aromatic nitrogens is 2. The summed E-state index contributed by atoms with van der Waals surface area (Å²) in [5.74, 6) is -0.531. The standard InChI is InChI=1S/C16H19N3O4S/c1-3-9-19-14(21)11-7-5-6-8-12(11)17-15(19)24-10-13(20)18-16(22)23-4-2/h5-8H,3-4,9-10H2,1-2H3,(H,18,20,22). The number of imide groups is 1. The summed E-state index contributed by atoms with van der Waals surface area (Å²) in [4.78, 5) is 40.1. The molecule has 24 heavy (non-hydrogen) atoms. The lowest BCUT2D eigenvalue weighted by molar-refractivity contribution is -0.117. The van der Waals surface area contributed by atoms with Gasteiger partial charge in [0.1, 0.15) is 0 Å². The molecule has 8 heteroatoms. The Bertz CT molecular complexity index is 803. The second kappa shape index (κ2) is 8.49. The molecular formula is C16H19N3O4S. The molecule has 2 rings (SSSR count). The Labute approximate surface area is 143 Å². The van der Waals surface area contributed by atoms with E-state index in [0.717, 1.165) is 18.2 Å². The summed E-state index contributed by atoms with van der Waals surface area (Å²) < 4.78 is 6.21. The van der Waals surface area contributed by atoms with Gasteiger partial charge in [-0.3, -0.25) is 19.5 Å². The van der Waals surface area contributed by atoms with Gasteiger partial charge >= 0.3 is 6.09 Å². The Morgan fingerprint density at radius 1 is 1.29 bits per heavy atom. The maximum Gasteiger partial charge on any atom is 0.413 e. The van der Waals surface area contributed by atoms with Crippen LogP contribution in [0.5, 0.6) is 0 Å². The van der Waals surface area contributed by atoms with Crippen LogP contribution in [-0.4, -0.2) is 33.9 Å². The molecule has 1 heterocycles. The van der Waals surface area contributed by atoms with E-state index in [2.05, 4.69) is 15.0 Å². The number of alkyl carbamates (subject to hydrolysis) is 1. The molecule has 0 unspecified atom stereocenters. The normalized spacial score (nSPS) is 10.6. The van der Waals surface area contributed by atoms with Crippen molar-refractivity contribution in [1.29, 1.82) is 0 Å². The second-order valence-corrected chi connectivity index (χ2v) is 5.87. The van der Waals surface area contributed by atoms with Gasteiger partial charge in [0.25, 0.3) is 5.56 Å². The molecule has 0 radical (unpaired) electrons. The minimum Gasteiger partial charge on any atom is -0.450 e. The molecule has 0 spiro atoms. The lowest BCUT2D eigenvalue weighted by Gasteiger charge is -2.12. The molecule has 0 aliphatic heterocycles. The molecule has 0 aliphatic carbocycles. The zero-order chi connectivity index (χ0) is 17.5. The summed E-state index contributed by atoms with van der Waals surface area (Å²) in [6, 6.07) is 7.09. The van der Waals surface area contributed by atoms with Crippen molar-refractivity contribution in [3.63, 3.8) is 0 Å². The first-order valence-corrected chi connectivity index (χ1v) is 8.64. The number of nitrogens with one attached hydrogen (secondary N) is 1. The Morgan fingerprint density at radius 2 is 2.04 bits per heavy atom. The van der Waals surface area contributed by atoms with E-state index in [1.807, 2.05) is 6.92 Å². The SMILES string of the molecule is CCCn1c(SCC(=O)NC(=O)OCC)nc2ccccc2c1=O. The smallest absolute Gasteiger partial charge is 0.413 e. The van der Waals surface area contributed by atoms with Crippen molar-refractivity contribution >= 4 is 34.7 Å². The summed E-state index contributed by atoms with van der Waals surface area (Å²) in [6.45, 7) is 4.32. The third kappa shape index (κ3) is 4.35. The number of carbonyl (C=O) groups is 2. The van der Waals surface area contributed by atoms with Crippen molar-refractivity contribution < 1.29 is 14.3 Å². The average molecular weight is 349 g/mol. The molecule has 1 aromatic carbocycles. The van der Waals surface area contributed by atoms with Crippen LogP contribution < -0.4 is 10.9 Å². The van der Waals surface area contributed by atoms with Crippen LogP contribution in [0.3, 0.4) is 0 Å². The Kier molecular flexibility index (Phi) is 6.36. The van der Waals surface area contributed by atoms with E-state index < -0.39 is 12.0 Å². The zero-order valence-corrected chi connectivity index (χ0v) is 14.4. The van der Waals surface area contributed by atoms with Crippen LogP contribution in [0.25, 0.3) is 10.9 Å². The van der Waals surface area contributed by atoms with Crippen molar-refractivity contribution in [2.45, 2.75) is 32.0 Å². The molecule has 128 valence electrons. The number of hydrogen-bond acceptors (Lipinski definition) is 6. The predicted molar refractivity (Wildman–Crippen MR) is 92.2 cm³/mol. The molecule has 0 saturated heterocycles. The third-order valence-corrected chi connectivity index (χ3v) is 4.10. The number of hydrogen-bond donors (Lipinski definition) is 1. The molecular weight excluding hydrogens is 330 g/mol. The third-order valence-electron chi connectivity index (χ3n) is 3.12. The number of rotatable bonds is 6. The average Bonchev–Trinajstić information content (AvgIpc) is 2.56. The summed E-state index contributed by atoms with van der Waals surface area (Å²) >= 11 is 1.12. The Hall–Kier alpha value is -2.35. The first-order valence-electron chi connectivity index (χ1n) is 7.65. The van der Waals surface area contributed by atoms with Crippen molar-refractivity contribution in [2.75, 3.05) is 12.4 Å². The van der Waals surface area contributed by atoms with E-state index in [1.54, 1.807) is 35.8 Å². The number of thioether (sulfide) groups is 1. The van der Waals surface area contributed by atoms with Gasteiger partial charge in [-0.2, -0.15) is 0 Å². The van der Waals surface area contributed by atoms with Crippen molar-refractivity contribution in [3.05, 3.63) is 34.6 Å². The largest absolute Gasteiger partial charge is 0.450 e. The molecule has 1 N–H and O–H groups in total. The summed E-state index contributed by atoms with van der Waals surface area (Å²) in [6.07, 6.45) is -0.0109. The highest BCUT2D eigenvalue weighted by atomic mass is 32.2. The maximum atomic E-state index is 12.6. The number of ether oxygens (including phenoxy) is 1. The Balaban J connectivity index is 2.21. The Morgan fingerprint density at radius 3 is 2.75 bits per heavy atom. The van der Waals surface area contributed by atoms with E-state index in [0.29, 0.717) is 22.6 Å². The quantitative estimate of drug-likeness (QED) is 0.635. The van der Waals surface area contributed by atoms with Crippen LogP contribution >= 0.6 is 11.8 Å². The van der Waals surface area contributed by atoms with Crippen molar-refractivity contribution in [2.24, 2.45) is 0 Å². The minimum absolute atomic E-state index is 0.0344. The lowest BCUT2D eigenvalue weighted by Crippen LogP contribution is -2.32. The zero-order valence-electron chi connectivity index (χ0n) is 13.6. The first-order chi connectivity index (χ1) is 11.6. The fraction of sp³-hybridized carbons (Fsp3) is 0.375. The van der Waals surface area contributed by atoms with Gasteiger partial charge in [-0.05, 0) is 25.5 Å². The molecule has 2 amide bonds. The van der Waals surface area contributed by atoms with E-state index in [4.69, 9.17) is 0 Å². The number of amides is 2. The molecule has 0 saturated carbocycles. The van der Waals surface area contributed by atoms with Gasteiger partial charge in [-0.25, -0.2) is 9.78 Å². The predicted octanol–water partition coefficient (Wildman–Crippen LogP) is 2.17. The van der Waals surface area contributed by atoms with Crippen LogP contribution in [0.2, 0.25) is 0 Å². The number of carbonyl (C=O) groups excluding carboxylic acids is 2. The van der Waals surface area contributed by atoms with Crippen LogP contribution in [0.4, 0.5) is 4.79 Å². The van der Waals surface area contributed by atoms with E-state index in [9.17, 15) is 14.4 Å². The van der Waals surface area contributed by atoms with Crippen LogP contribution in [-0.2, 0) is 16.1 Å².